The predicted molar refractivity (Wildman–Crippen MR) is 211 cm³/mol. The van der Waals surface area contributed by atoms with E-state index in [0.717, 1.165) is 33.8 Å². The molecule has 0 aliphatic rings. The first-order chi connectivity index (χ1) is 24.8. The molecule has 0 saturated heterocycles. The molecule has 0 spiro atoms. The highest BCUT2D eigenvalue weighted by molar-refractivity contribution is 7.26. The molecule has 50 heavy (non-hydrogen) atoms. The molecule has 0 bridgehead atoms. The van der Waals surface area contributed by atoms with Gasteiger partial charge in [-0.1, -0.05) is 133 Å². The van der Waals surface area contributed by atoms with E-state index in [2.05, 4.69) is 168 Å². The van der Waals surface area contributed by atoms with Crippen LogP contribution in [0.1, 0.15) is 0 Å². The minimum absolute atomic E-state index is 0.700. The zero-order valence-electron chi connectivity index (χ0n) is 27.0. The van der Waals surface area contributed by atoms with Crippen molar-refractivity contribution in [3.63, 3.8) is 0 Å². The summed E-state index contributed by atoms with van der Waals surface area (Å²) >= 11 is 1.88. The van der Waals surface area contributed by atoms with E-state index < -0.39 is 0 Å². The van der Waals surface area contributed by atoms with Gasteiger partial charge in [0.25, 0.3) is 0 Å². The highest BCUT2D eigenvalue weighted by Crippen LogP contribution is 2.42. The van der Waals surface area contributed by atoms with Crippen molar-refractivity contribution in [3.8, 4) is 50.7 Å². The van der Waals surface area contributed by atoms with Gasteiger partial charge in [-0.25, -0.2) is 9.97 Å². The third kappa shape index (κ3) is 4.73. The van der Waals surface area contributed by atoms with Crippen LogP contribution in [0.25, 0.3) is 92.7 Å². The maximum Gasteiger partial charge on any atom is 0.160 e. The van der Waals surface area contributed by atoms with Crippen LogP contribution in [0, 0.1) is 0 Å². The molecule has 234 valence electrons. The smallest absolute Gasteiger partial charge is 0.160 e. The number of aromatic nitrogens is 3. The van der Waals surface area contributed by atoms with Crippen molar-refractivity contribution in [2.24, 2.45) is 0 Å². The molecular weight excluding hydrogens is 627 g/mol. The Morgan fingerprint density at radius 1 is 0.400 bits per heavy atom. The molecule has 0 saturated carbocycles. The van der Waals surface area contributed by atoms with Crippen LogP contribution in [-0.4, -0.2) is 14.5 Å². The molecule has 7 aromatic carbocycles. The van der Waals surface area contributed by atoms with Gasteiger partial charge in [0.05, 0.1) is 22.4 Å². The maximum atomic E-state index is 5.11. The van der Waals surface area contributed by atoms with Gasteiger partial charge >= 0.3 is 0 Å². The molecule has 3 aromatic heterocycles. The van der Waals surface area contributed by atoms with Crippen molar-refractivity contribution >= 4 is 53.3 Å². The van der Waals surface area contributed by atoms with Gasteiger partial charge < -0.3 is 4.57 Å². The van der Waals surface area contributed by atoms with Gasteiger partial charge in [-0.05, 0) is 53.6 Å². The first-order valence-electron chi connectivity index (χ1n) is 16.8. The molecule has 0 aliphatic heterocycles. The van der Waals surface area contributed by atoms with E-state index in [9.17, 15) is 0 Å². The van der Waals surface area contributed by atoms with Gasteiger partial charge in [0, 0.05) is 53.3 Å². The largest absolute Gasteiger partial charge is 0.309 e. The average Bonchev–Trinajstić information content (AvgIpc) is 3.74. The third-order valence-electron chi connectivity index (χ3n) is 9.62. The Morgan fingerprint density at radius 2 is 1.02 bits per heavy atom. The lowest BCUT2D eigenvalue weighted by atomic mass is 10.0. The number of hydrogen-bond donors (Lipinski definition) is 0. The minimum Gasteiger partial charge on any atom is -0.309 e. The SMILES string of the molecule is c1ccc(-c2cc(-c3ccccc3)nc(-c3cccc(-n4c5ccccc5c5cc(-c6cccc7c6sc6ccccc67)ccc54)c3)n2)cc1. The summed E-state index contributed by atoms with van der Waals surface area (Å²) in [5, 5.41) is 5.10. The molecule has 10 rings (SSSR count). The lowest BCUT2D eigenvalue weighted by Gasteiger charge is -2.12. The van der Waals surface area contributed by atoms with Crippen LogP contribution in [0.4, 0.5) is 0 Å². The van der Waals surface area contributed by atoms with Gasteiger partial charge in [0.1, 0.15) is 0 Å². The zero-order valence-corrected chi connectivity index (χ0v) is 27.8. The Kier molecular flexibility index (Phi) is 6.68. The highest BCUT2D eigenvalue weighted by Gasteiger charge is 2.17. The molecule has 4 heteroatoms. The van der Waals surface area contributed by atoms with Gasteiger partial charge in [0.15, 0.2) is 5.82 Å². The van der Waals surface area contributed by atoms with Gasteiger partial charge in [-0.3, -0.25) is 0 Å². The minimum atomic E-state index is 0.700. The Labute approximate surface area is 293 Å². The molecule has 0 atom stereocenters. The predicted octanol–water partition coefficient (Wildman–Crippen LogP) is 12.6. The third-order valence-corrected chi connectivity index (χ3v) is 10.8. The van der Waals surface area contributed by atoms with E-state index in [1.807, 2.05) is 23.5 Å². The summed E-state index contributed by atoms with van der Waals surface area (Å²) in [6.07, 6.45) is 0. The maximum absolute atomic E-state index is 5.11. The van der Waals surface area contributed by atoms with Crippen LogP contribution >= 0.6 is 11.3 Å². The number of benzene rings is 7. The topological polar surface area (TPSA) is 30.7 Å². The Morgan fingerprint density at radius 3 is 1.80 bits per heavy atom. The summed E-state index contributed by atoms with van der Waals surface area (Å²) in [5.41, 5.74) is 10.8. The summed E-state index contributed by atoms with van der Waals surface area (Å²) in [6.45, 7) is 0. The standard InChI is InChI=1S/C46H29N3S/c1-3-13-30(14-4-1)40-29-41(31-15-5-2-6-16-31)48-46(47-40)33-17-11-18-34(27-33)49-42-23-9-7-19-36(42)39-28-32(25-26-43(39)49)35-21-12-22-38-37-20-8-10-24-44(37)50-45(35)38/h1-29H. The van der Waals surface area contributed by atoms with Crippen LogP contribution in [0.15, 0.2) is 176 Å². The fourth-order valence-corrected chi connectivity index (χ4v) is 8.51. The van der Waals surface area contributed by atoms with Crippen molar-refractivity contribution in [2.75, 3.05) is 0 Å². The van der Waals surface area contributed by atoms with Crippen molar-refractivity contribution in [2.45, 2.75) is 0 Å². The first kappa shape index (κ1) is 28.6. The van der Waals surface area contributed by atoms with E-state index in [-0.39, 0.29) is 0 Å². The fourth-order valence-electron chi connectivity index (χ4n) is 7.27. The number of hydrogen-bond acceptors (Lipinski definition) is 3. The van der Waals surface area contributed by atoms with E-state index in [1.165, 1.54) is 53.1 Å². The molecular formula is C46H29N3S. The normalized spacial score (nSPS) is 11.6. The second-order valence-electron chi connectivity index (χ2n) is 12.6. The number of para-hydroxylation sites is 1. The Bertz CT molecular complexity index is 2810. The number of fused-ring (bicyclic) bond motifs is 6. The molecule has 10 aromatic rings. The quantitative estimate of drug-likeness (QED) is 0.185. The zero-order chi connectivity index (χ0) is 33.0. The fraction of sp³-hybridized carbons (Fsp3) is 0. The van der Waals surface area contributed by atoms with Crippen LogP contribution < -0.4 is 0 Å². The summed E-state index contributed by atoms with van der Waals surface area (Å²) in [4.78, 5) is 10.2. The second-order valence-corrected chi connectivity index (χ2v) is 13.7. The van der Waals surface area contributed by atoms with Crippen molar-refractivity contribution in [3.05, 3.63) is 176 Å². The monoisotopic (exact) mass is 655 g/mol. The molecule has 0 amide bonds. The van der Waals surface area contributed by atoms with E-state index in [0.29, 0.717) is 5.82 Å². The highest BCUT2D eigenvalue weighted by atomic mass is 32.1. The van der Waals surface area contributed by atoms with E-state index in [4.69, 9.17) is 9.97 Å². The number of thiophene rings is 1. The van der Waals surface area contributed by atoms with Crippen LogP contribution in [-0.2, 0) is 0 Å². The first-order valence-corrected chi connectivity index (χ1v) is 17.6. The number of nitrogens with zero attached hydrogens (tertiary/aromatic N) is 3. The van der Waals surface area contributed by atoms with Crippen molar-refractivity contribution in [1.82, 2.24) is 14.5 Å². The average molecular weight is 656 g/mol. The summed E-state index contributed by atoms with van der Waals surface area (Å²) < 4.78 is 5.02. The van der Waals surface area contributed by atoms with Crippen LogP contribution in [0.2, 0.25) is 0 Å². The summed E-state index contributed by atoms with van der Waals surface area (Å²) in [7, 11) is 0. The Hall–Kier alpha value is -6.36. The van der Waals surface area contributed by atoms with E-state index in [1.54, 1.807) is 0 Å². The number of rotatable bonds is 5. The molecule has 0 fully saturated rings. The molecule has 0 N–H and O–H groups in total. The molecule has 0 unspecified atom stereocenters. The van der Waals surface area contributed by atoms with Gasteiger partial charge in [-0.15, -0.1) is 11.3 Å². The molecule has 3 heterocycles. The lowest BCUT2D eigenvalue weighted by Crippen LogP contribution is -1.98. The van der Waals surface area contributed by atoms with Crippen molar-refractivity contribution in [1.29, 1.82) is 0 Å². The van der Waals surface area contributed by atoms with Crippen LogP contribution in [0.5, 0.6) is 0 Å². The van der Waals surface area contributed by atoms with Gasteiger partial charge in [0.2, 0.25) is 0 Å². The molecule has 0 radical (unpaired) electrons. The lowest BCUT2D eigenvalue weighted by molar-refractivity contribution is 1.16. The summed E-state index contributed by atoms with van der Waals surface area (Å²) in [6, 6.07) is 62.4. The van der Waals surface area contributed by atoms with E-state index >= 15 is 0 Å². The Balaban J connectivity index is 1.14. The van der Waals surface area contributed by atoms with Crippen molar-refractivity contribution < 1.29 is 0 Å². The summed E-state index contributed by atoms with van der Waals surface area (Å²) in [5.74, 6) is 0.700. The molecule has 3 nitrogen and oxygen atoms in total. The van der Waals surface area contributed by atoms with Crippen LogP contribution in [0.3, 0.4) is 0 Å². The second kappa shape index (κ2) is 11.7. The molecule has 0 aliphatic carbocycles. The van der Waals surface area contributed by atoms with Gasteiger partial charge in [-0.2, -0.15) is 0 Å².